The first kappa shape index (κ1) is 35.0. The zero-order valence-electron chi connectivity index (χ0n) is 26.4. The van der Waals surface area contributed by atoms with Crippen molar-refractivity contribution in [2.24, 2.45) is 11.8 Å². The van der Waals surface area contributed by atoms with Crippen molar-refractivity contribution < 1.29 is 48.3 Å². The summed E-state index contributed by atoms with van der Waals surface area (Å²) in [6.45, 7) is 6.12. The first-order valence-corrected chi connectivity index (χ1v) is 15.6. The Morgan fingerprint density at radius 3 is 1.96 bits per heavy atom. The Labute approximate surface area is 277 Å². The largest absolute Gasteiger partial charge is 0.493 e. The van der Waals surface area contributed by atoms with Gasteiger partial charge in [-0.05, 0) is 30.2 Å². The molecule has 0 aliphatic carbocycles. The van der Waals surface area contributed by atoms with E-state index in [2.05, 4.69) is 0 Å². The Kier molecular flexibility index (Phi) is 11.2. The van der Waals surface area contributed by atoms with Crippen LogP contribution in [0.25, 0.3) is 0 Å². The Morgan fingerprint density at radius 2 is 1.39 bits per heavy atom. The maximum Gasteiger partial charge on any atom is 0.306 e. The number of carboxylic acids is 2. The molecular formula is C32H38Cl2N2O10. The van der Waals surface area contributed by atoms with Crippen LogP contribution in [0.15, 0.2) is 12.1 Å². The van der Waals surface area contributed by atoms with Crippen LogP contribution in [0.5, 0.6) is 23.0 Å². The van der Waals surface area contributed by atoms with Crippen molar-refractivity contribution in [1.82, 2.24) is 9.80 Å². The molecule has 2 heterocycles. The van der Waals surface area contributed by atoms with Gasteiger partial charge in [-0.3, -0.25) is 19.2 Å². The molecule has 46 heavy (non-hydrogen) atoms. The normalized spacial score (nSPS) is 16.4. The van der Waals surface area contributed by atoms with E-state index in [1.807, 2.05) is 12.1 Å². The second kappa shape index (κ2) is 14.7. The average Bonchev–Trinajstić information content (AvgIpc) is 3.59. The summed E-state index contributed by atoms with van der Waals surface area (Å²) in [5.41, 5.74) is 3.06. The van der Waals surface area contributed by atoms with E-state index in [0.717, 1.165) is 11.1 Å². The maximum atomic E-state index is 12.9. The van der Waals surface area contributed by atoms with Crippen molar-refractivity contribution in [3.63, 3.8) is 0 Å². The molecule has 0 saturated carbocycles. The predicted molar refractivity (Wildman–Crippen MR) is 168 cm³/mol. The monoisotopic (exact) mass is 680 g/mol. The summed E-state index contributed by atoms with van der Waals surface area (Å²) in [5.74, 6) is -2.72. The smallest absolute Gasteiger partial charge is 0.306 e. The average molecular weight is 682 g/mol. The van der Waals surface area contributed by atoms with Gasteiger partial charge in [-0.1, -0.05) is 37.0 Å². The van der Waals surface area contributed by atoms with Crippen LogP contribution < -0.4 is 18.9 Å². The highest BCUT2D eigenvalue weighted by molar-refractivity contribution is 6.37. The summed E-state index contributed by atoms with van der Waals surface area (Å²) in [6.07, 6.45) is 0.218. The first-order valence-electron chi connectivity index (χ1n) is 14.8. The molecule has 2 N–H and O–H groups in total. The lowest BCUT2D eigenvalue weighted by atomic mass is 10.0. The lowest BCUT2D eigenvalue weighted by Gasteiger charge is -2.23. The molecule has 0 bridgehead atoms. The minimum Gasteiger partial charge on any atom is -0.493 e. The van der Waals surface area contributed by atoms with Gasteiger partial charge in [0, 0.05) is 50.0 Å². The molecular weight excluding hydrogens is 643 g/mol. The molecule has 4 rings (SSSR count). The number of carboxylic acid groups (broad SMARTS) is 2. The van der Waals surface area contributed by atoms with Gasteiger partial charge in [0.2, 0.25) is 11.8 Å². The van der Waals surface area contributed by atoms with Gasteiger partial charge in [-0.15, -0.1) is 0 Å². The van der Waals surface area contributed by atoms with E-state index < -0.39 is 29.8 Å². The Morgan fingerprint density at radius 1 is 0.826 bits per heavy atom. The molecule has 2 aromatic rings. The van der Waals surface area contributed by atoms with Gasteiger partial charge < -0.3 is 39.0 Å². The van der Waals surface area contributed by atoms with E-state index in [1.165, 1.54) is 28.1 Å². The highest BCUT2D eigenvalue weighted by atomic mass is 35.5. The fraction of sp³-hybridized carbons (Fsp3) is 0.500. The number of fused-ring (bicyclic) bond motifs is 2. The van der Waals surface area contributed by atoms with Gasteiger partial charge >= 0.3 is 11.9 Å². The molecule has 0 spiro atoms. The zero-order valence-corrected chi connectivity index (χ0v) is 27.9. The molecule has 0 radical (unpaired) electrons. The molecule has 2 aliphatic rings. The van der Waals surface area contributed by atoms with Crippen LogP contribution in [-0.2, 0) is 38.8 Å². The Hall–Kier alpha value is -3.90. The molecule has 0 aromatic heterocycles. The Bertz CT molecular complexity index is 1530. The standard InChI is InChI=1S/C32H38Cl2N2O10/c1-16(31(39)40)9-24(37)35-13-19-11-22(43-4)23(12-20(19)14-35)45-7-6-8-46-30-28(34)26-18(3)36(25(38)10-17(2)32(41)42)15-21(26)27(33)29(30)44-5/h11-12,16-18H,6-10,13-15H2,1-5H3,(H,39,40)(H,41,42)/t16-,17?,18?/m0/s1. The minimum absolute atomic E-state index is 0.0740. The third-order valence-corrected chi connectivity index (χ3v) is 9.10. The minimum atomic E-state index is -1.05. The molecule has 14 heteroatoms. The second-order valence-electron chi connectivity index (χ2n) is 11.5. The summed E-state index contributed by atoms with van der Waals surface area (Å²) in [5, 5.41) is 18.9. The lowest BCUT2D eigenvalue weighted by Crippen LogP contribution is -2.30. The highest BCUT2D eigenvalue weighted by Gasteiger charge is 2.38. The van der Waals surface area contributed by atoms with Gasteiger partial charge in [0.15, 0.2) is 23.0 Å². The summed E-state index contributed by atoms with van der Waals surface area (Å²) in [7, 11) is 2.97. The second-order valence-corrected chi connectivity index (χ2v) is 12.3. The number of nitrogens with zero attached hydrogens (tertiary/aromatic N) is 2. The number of hydrogen-bond donors (Lipinski definition) is 2. The van der Waals surface area contributed by atoms with E-state index in [1.54, 1.807) is 16.7 Å². The van der Waals surface area contributed by atoms with Gasteiger partial charge in [0.05, 0.1) is 55.4 Å². The van der Waals surface area contributed by atoms with Crippen LogP contribution in [-0.4, -0.2) is 71.2 Å². The van der Waals surface area contributed by atoms with Crippen molar-refractivity contribution in [2.45, 2.75) is 65.7 Å². The number of amides is 2. The molecule has 2 unspecified atom stereocenters. The molecule has 3 atom stereocenters. The fourth-order valence-electron chi connectivity index (χ4n) is 5.59. The first-order chi connectivity index (χ1) is 21.8. The van der Waals surface area contributed by atoms with Gasteiger partial charge in [-0.2, -0.15) is 0 Å². The molecule has 12 nitrogen and oxygen atoms in total. The SMILES string of the molecule is COc1cc2c(cc1OCCCOc1c(Cl)c3c(c(Cl)c1OC)CN(C(=O)CC(C)C(=O)O)C3C)CN(C(=O)C[C@H](C)C(=O)O)C2. The van der Waals surface area contributed by atoms with Crippen molar-refractivity contribution >= 4 is 47.0 Å². The zero-order chi connectivity index (χ0) is 33.9. The summed E-state index contributed by atoms with van der Waals surface area (Å²) in [6, 6.07) is 3.20. The van der Waals surface area contributed by atoms with E-state index in [4.69, 9.17) is 47.3 Å². The highest BCUT2D eigenvalue weighted by Crippen LogP contribution is 2.52. The third kappa shape index (κ3) is 7.23. The summed E-state index contributed by atoms with van der Waals surface area (Å²) < 4.78 is 23.1. The van der Waals surface area contributed by atoms with E-state index in [9.17, 15) is 24.3 Å². The van der Waals surface area contributed by atoms with Crippen molar-refractivity contribution in [3.05, 3.63) is 44.4 Å². The van der Waals surface area contributed by atoms with Gasteiger partial charge in [0.25, 0.3) is 0 Å². The fourth-order valence-corrected chi connectivity index (χ4v) is 6.33. The predicted octanol–water partition coefficient (Wildman–Crippen LogP) is 5.33. The van der Waals surface area contributed by atoms with Crippen LogP contribution in [0.1, 0.15) is 68.3 Å². The number of carbonyl (C=O) groups is 4. The third-order valence-electron chi connectivity index (χ3n) is 8.33. The number of hydrogen-bond acceptors (Lipinski definition) is 8. The van der Waals surface area contributed by atoms with E-state index in [-0.39, 0.29) is 66.0 Å². The van der Waals surface area contributed by atoms with Crippen LogP contribution in [0.2, 0.25) is 10.0 Å². The maximum absolute atomic E-state index is 12.9. The van der Waals surface area contributed by atoms with Crippen LogP contribution in [0.3, 0.4) is 0 Å². The van der Waals surface area contributed by atoms with Crippen molar-refractivity contribution in [1.29, 1.82) is 0 Å². The van der Waals surface area contributed by atoms with Crippen molar-refractivity contribution in [2.75, 3.05) is 27.4 Å². The molecule has 250 valence electrons. The molecule has 2 aliphatic heterocycles. The number of halogens is 2. The molecule has 2 aromatic carbocycles. The molecule has 0 fully saturated rings. The quantitative estimate of drug-likeness (QED) is 0.251. The Balaban J connectivity index is 1.39. The number of rotatable bonds is 14. The van der Waals surface area contributed by atoms with Crippen LogP contribution >= 0.6 is 23.2 Å². The molecule has 0 saturated heterocycles. The van der Waals surface area contributed by atoms with Crippen LogP contribution in [0, 0.1) is 11.8 Å². The molecule has 2 amide bonds. The number of carbonyl (C=O) groups excluding carboxylic acids is 2. The summed E-state index contributed by atoms with van der Waals surface area (Å²) >= 11 is 13.5. The van der Waals surface area contributed by atoms with Gasteiger partial charge in [0.1, 0.15) is 0 Å². The number of benzene rings is 2. The van der Waals surface area contributed by atoms with Crippen LogP contribution in [0.4, 0.5) is 0 Å². The topological polar surface area (TPSA) is 152 Å². The van der Waals surface area contributed by atoms with Crippen molar-refractivity contribution in [3.8, 4) is 23.0 Å². The van der Waals surface area contributed by atoms with E-state index in [0.29, 0.717) is 42.1 Å². The van der Waals surface area contributed by atoms with Gasteiger partial charge in [-0.25, -0.2) is 0 Å². The summed E-state index contributed by atoms with van der Waals surface area (Å²) in [4.78, 5) is 51.2. The number of methoxy groups -OCH3 is 2. The lowest BCUT2D eigenvalue weighted by molar-refractivity contribution is -0.146. The van der Waals surface area contributed by atoms with E-state index >= 15 is 0 Å². The number of ether oxygens (including phenoxy) is 4. The number of aliphatic carboxylic acids is 2.